The molecule has 0 spiro atoms. The van der Waals surface area contributed by atoms with Crippen LogP contribution in [0.3, 0.4) is 0 Å². The van der Waals surface area contributed by atoms with E-state index in [1.807, 2.05) is 0 Å². The Labute approximate surface area is 262 Å². The maximum absolute atomic E-state index is 13.1. The van der Waals surface area contributed by atoms with Gasteiger partial charge in [-0.2, -0.15) is 16.8 Å². The van der Waals surface area contributed by atoms with Crippen LogP contribution in [0.2, 0.25) is 0 Å². The Morgan fingerprint density at radius 2 is 1.00 bits per heavy atom. The van der Waals surface area contributed by atoms with Crippen molar-refractivity contribution in [3.8, 4) is 0 Å². The summed E-state index contributed by atoms with van der Waals surface area (Å²) in [6.07, 6.45) is -2.34. The van der Waals surface area contributed by atoms with Gasteiger partial charge in [-0.25, -0.2) is 4.18 Å². The zero-order valence-electron chi connectivity index (χ0n) is 23.0. The molecule has 5 aromatic rings. The van der Waals surface area contributed by atoms with E-state index < -0.39 is 126 Å². The van der Waals surface area contributed by atoms with Crippen LogP contribution in [0.25, 0.3) is 21.5 Å². The molecule has 21 heteroatoms. The molecule has 48 heavy (non-hydrogen) atoms. The topological polar surface area (TPSA) is 277 Å². The normalized spacial score (nSPS) is 15.2. The van der Waals surface area contributed by atoms with Crippen molar-refractivity contribution in [3.05, 3.63) is 112 Å². The standard InChI is InChI=1S/C27H11N3O16S2/c31-19-11-5-13-14(23(34)28(39)22(13)33)6-12(11)20(32)21(19)45-47(41,42)9-2-1-3-10(4-9)48(43,44)46-30-26(37)17-7-15-16(8-18(17)27(30)38)25(36)29(40)24(15)35/h1-8,21,39-40H. The van der Waals surface area contributed by atoms with Gasteiger partial charge in [0.2, 0.25) is 17.7 Å². The van der Waals surface area contributed by atoms with Crippen LogP contribution in [0.1, 0.15) is 41.4 Å². The number of Topliss-reactive ketones (excluding diaryl/α,β-unsaturated/α-hetero) is 2. The highest BCUT2D eigenvalue weighted by Gasteiger charge is 2.46. The van der Waals surface area contributed by atoms with Crippen molar-refractivity contribution in [1.29, 1.82) is 0 Å². The third-order valence-electron chi connectivity index (χ3n) is 7.62. The zero-order chi connectivity index (χ0) is 34.8. The summed E-state index contributed by atoms with van der Waals surface area (Å²) in [5.74, 6) is -4.83. The Bertz CT molecular complexity index is 2720. The van der Waals surface area contributed by atoms with Gasteiger partial charge in [-0.1, -0.05) is 10.8 Å². The van der Waals surface area contributed by atoms with Crippen molar-refractivity contribution in [1.82, 2.24) is 14.5 Å². The van der Waals surface area contributed by atoms with E-state index in [1.54, 1.807) is 0 Å². The van der Waals surface area contributed by atoms with Gasteiger partial charge in [-0.15, -0.1) is 9.79 Å². The number of carbonyl (C=O) groups is 4. The lowest BCUT2D eigenvalue weighted by Gasteiger charge is -2.11. The van der Waals surface area contributed by atoms with Crippen LogP contribution in [0.4, 0.5) is 0 Å². The van der Waals surface area contributed by atoms with Gasteiger partial charge in [-0.05, 0) is 42.5 Å². The van der Waals surface area contributed by atoms with Gasteiger partial charge in [0.25, 0.3) is 44.2 Å². The fraction of sp³-hybridized carbons (Fsp3) is 0.0370. The number of imide groups is 1. The number of hydrogen-bond donors (Lipinski definition) is 2. The fourth-order valence-electron chi connectivity index (χ4n) is 5.29. The van der Waals surface area contributed by atoms with Crippen LogP contribution in [-0.2, 0) is 24.4 Å². The van der Waals surface area contributed by atoms with Crippen molar-refractivity contribution < 1.29 is 54.9 Å². The van der Waals surface area contributed by atoms with Crippen LogP contribution >= 0.6 is 0 Å². The highest BCUT2D eigenvalue weighted by molar-refractivity contribution is 7.87. The highest BCUT2D eigenvalue weighted by Crippen LogP contribution is 2.33. The van der Waals surface area contributed by atoms with E-state index in [9.17, 15) is 65.6 Å². The van der Waals surface area contributed by atoms with Gasteiger partial charge in [0.05, 0.1) is 37.6 Å². The summed E-state index contributed by atoms with van der Waals surface area (Å²) in [6.45, 7) is 0. The molecule has 7 rings (SSSR count). The van der Waals surface area contributed by atoms with Gasteiger partial charge in [0.1, 0.15) is 4.90 Å². The van der Waals surface area contributed by atoms with Crippen LogP contribution in [0.5, 0.6) is 0 Å². The Kier molecular flexibility index (Phi) is 6.15. The largest absolute Gasteiger partial charge is 0.422 e. The molecule has 19 nitrogen and oxygen atoms in total. The maximum atomic E-state index is 13.1. The number of rotatable bonds is 6. The smallest absolute Gasteiger partial charge is 0.357 e. The molecule has 2 N–H and O–H groups in total. The van der Waals surface area contributed by atoms with Gasteiger partial charge in [-0.3, -0.25) is 47.8 Å². The molecule has 3 heterocycles. The highest BCUT2D eigenvalue weighted by atomic mass is 32.2. The molecule has 0 fully saturated rings. The lowest BCUT2D eigenvalue weighted by molar-refractivity contribution is -0.0327. The molecule has 1 aliphatic heterocycles. The number of carbonyl (C=O) groups excluding carboxylic acids is 4. The summed E-state index contributed by atoms with van der Waals surface area (Å²) < 4.78 is 61.5. The minimum Gasteiger partial charge on any atom is -0.422 e. The fourth-order valence-corrected chi connectivity index (χ4v) is 7.35. The van der Waals surface area contributed by atoms with E-state index in [1.165, 1.54) is 0 Å². The SMILES string of the molecule is O=C1c2cc3c(cc2C(=O)C1OS(=O)(=O)c1cccc(S(=O)(=O)On2c(=O)c4cc5c(=O)n(O)c(=O)c5cc4c2=O)c1)C(=O)N(O)C3=O. The zero-order valence-corrected chi connectivity index (χ0v) is 24.6. The van der Waals surface area contributed by atoms with Crippen molar-refractivity contribution >= 4 is 65.2 Å². The van der Waals surface area contributed by atoms with Crippen molar-refractivity contribution in [2.24, 2.45) is 0 Å². The van der Waals surface area contributed by atoms with Crippen LogP contribution in [0, 0.1) is 0 Å². The summed E-state index contributed by atoms with van der Waals surface area (Å²) in [5.41, 5.74) is -6.99. The first-order valence-corrected chi connectivity index (χ1v) is 15.7. The number of aromatic nitrogens is 2. The Hall–Kier alpha value is -6.16. The predicted molar refractivity (Wildman–Crippen MR) is 152 cm³/mol. The maximum Gasteiger partial charge on any atom is 0.357 e. The lowest BCUT2D eigenvalue weighted by Crippen LogP contribution is -2.35. The monoisotopic (exact) mass is 697 g/mol. The minimum absolute atomic E-state index is 0.214. The summed E-state index contributed by atoms with van der Waals surface area (Å²) in [7, 11) is -10.4. The molecule has 2 amide bonds. The molecule has 3 aromatic carbocycles. The summed E-state index contributed by atoms with van der Waals surface area (Å²) >= 11 is 0. The molecule has 0 unspecified atom stereocenters. The van der Waals surface area contributed by atoms with Crippen LogP contribution < -0.4 is 26.5 Å². The number of ketones is 2. The number of fused-ring (bicyclic) bond motifs is 4. The molecular weight excluding hydrogens is 686 g/mol. The Morgan fingerprint density at radius 1 is 0.562 bits per heavy atom. The number of nitrogens with zero attached hydrogens (tertiary/aromatic N) is 3. The Balaban J connectivity index is 1.20. The third kappa shape index (κ3) is 4.05. The average Bonchev–Trinajstić information content (AvgIpc) is 3.60. The first-order valence-electron chi connectivity index (χ1n) is 12.9. The number of benzene rings is 3. The van der Waals surface area contributed by atoms with E-state index >= 15 is 0 Å². The van der Waals surface area contributed by atoms with E-state index in [0.717, 1.165) is 42.5 Å². The summed E-state index contributed by atoms with van der Waals surface area (Å²) in [4.78, 5) is 98.1. The predicted octanol–water partition coefficient (Wildman–Crippen LogP) is -1.89. The summed E-state index contributed by atoms with van der Waals surface area (Å²) in [5, 5.41) is 16.9. The molecule has 0 saturated carbocycles. The quantitative estimate of drug-likeness (QED) is 0.0645. The molecule has 242 valence electrons. The molecule has 1 aliphatic carbocycles. The van der Waals surface area contributed by atoms with E-state index in [2.05, 4.69) is 0 Å². The molecular formula is C27H11N3O16S2. The lowest BCUT2D eigenvalue weighted by atomic mass is 10.0. The Morgan fingerprint density at radius 3 is 1.48 bits per heavy atom. The van der Waals surface area contributed by atoms with Crippen molar-refractivity contribution in [2.75, 3.05) is 0 Å². The average molecular weight is 698 g/mol. The van der Waals surface area contributed by atoms with Crippen molar-refractivity contribution in [3.63, 3.8) is 0 Å². The number of hydrogen-bond acceptors (Lipinski definition) is 16. The van der Waals surface area contributed by atoms with Gasteiger partial charge in [0.15, 0.2) is 0 Å². The van der Waals surface area contributed by atoms with Gasteiger partial charge in [0, 0.05) is 11.1 Å². The molecule has 2 aromatic heterocycles. The minimum atomic E-state index is -5.21. The second-order valence-electron chi connectivity index (χ2n) is 10.3. The molecule has 0 atom stereocenters. The van der Waals surface area contributed by atoms with E-state index in [0.29, 0.717) is 6.07 Å². The molecule has 2 aliphatic rings. The van der Waals surface area contributed by atoms with Crippen LogP contribution in [0.15, 0.2) is 77.5 Å². The third-order valence-corrected chi connectivity index (χ3v) is 10.1. The molecule has 0 saturated heterocycles. The first kappa shape index (κ1) is 30.5. The van der Waals surface area contributed by atoms with E-state index in [4.69, 9.17) is 8.47 Å². The van der Waals surface area contributed by atoms with E-state index in [-0.39, 0.29) is 14.5 Å². The van der Waals surface area contributed by atoms with Gasteiger partial charge >= 0.3 is 10.1 Å². The van der Waals surface area contributed by atoms with Gasteiger partial charge < -0.3 is 5.21 Å². The van der Waals surface area contributed by atoms with Crippen molar-refractivity contribution in [2.45, 2.75) is 15.9 Å². The second kappa shape index (κ2) is 9.68. The molecule has 0 radical (unpaired) electrons. The number of hydroxylamine groups is 2. The van der Waals surface area contributed by atoms with Crippen LogP contribution in [-0.4, -0.2) is 71.3 Å². The first-order chi connectivity index (χ1) is 22.4. The second-order valence-corrected chi connectivity index (χ2v) is 13.4. The molecule has 0 bridgehead atoms. The summed E-state index contributed by atoms with van der Waals surface area (Å²) in [6, 6.07) is 6.19. The number of amides is 2.